The normalized spacial score (nSPS) is 11.4. The molecular weight excluding hydrogens is 318 g/mol. The average molecular weight is 331 g/mol. The van der Waals surface area contributed by atoms with E-state index < -0.39 is 23.0 Å². The number of nitro benzene ring substituents is 1. The summed E-state index contributed by atoms with van der Waals surface area (Å²) in [6.07, 6.45) is -0.986. The van der Waals surface area contributed by atoms with Crippen LogP contribution in [-0.2, 0) is 4.79 Å². The number of non-ortho nitro benzene ring substituents is 1. The minimum Gasteiger partial charge on any atom is -0.479 e. The number of hydrogen-bond donors (Lipinski definition) is 1. The lowest BCUT2D eigenvalue weighted by Crippen LogP contribution is -2.28. The highest BCUT2D eigenvalue weighted by molar-refractivity contribution is 5.88. The number of esters is 1. The van der Waals surface area contributed by atoms with E-state index in [0.717, 1.165) is 0 Å². The first-order valence-electron chi connectivity index (χ1n) is 6.83. The number of carboxylic acid groups (broad SMARTS) is 1. The molecule has 1 atom stereocenters. The zero-order chi connectivity index (χ0) is 17.7. The van der Waals surface area contributed by atoms with E-state index in [1.54, 1.807) is 0 Å². The van der Waals surface area contributed by atoms with Crippen molar-refractivity contribution in [2.45, 2.75) is 13.0 Å². The second-order valence-electron chi connectivity index (χ2n) is 4.77. The molecule has 0 fully saturated rings. The number of hydrogen-bond acceptors (Lipinski definition) is 6. The van der Waals surface area contributed by atoms with Gasteiger partial charge in [-0.1, -0.05) is 6.07 Å². The molecule has 2 aromatic carbocycles. The molecule has 124 valence electrons. The highest BCUT2D eigenvalue weighted by atomic mass is 16.6. The van der Waals surface area contributed by atoms with E-state index in [9.17, 15) is 19.7 Å². The molecule has 0 aliphatic rings. The van der Waals surface area contributed by atoms with Crippen molar-refractivity contribution in [2.75, 3.05) is 0 Å². The number of carbonyl (C=O) groups is 2. The van der Waals surface area contributed by atoms with Crippen LogP contribution in [0.3, 0.4) is 0 Å². The van der Waals surface area contributed by atoms with Gasteiger partial charge in [-0.25, -0.2) is 9.59 Å². The standard InChI is InChI=1S/C16H13NO7/c1-10(23-13-7-5-12(6-8-13)17(21)22)16(20)24-14-4-2-3-11(9-14)15(18)19/h2-10H,1H3,(H,18,19). The first-order chi connectivity index (χ1) is 11.4. The minimum absolute atomic E-state index is 0.00996. The first-order valence-corrected chi connectivity index (χ1v) is 6.83. The zero-order valence-electron chi connectivity index (χ0n) is 12.5. The Balaban J connectivity index is 2.00. The summed E-state index contributed by atoms with van der Waals surface area (Å²) in [5.41, 5.74) is -0.104. The van der Waals surface area contributed by atoms with Gasteiger partial charge in [0.1, 0.15) is 11.5 Å². The van der Waals surface area contributed by atoms with Crippen molar-refractivity contribution >= 4 is 17.6 Å². The van der Waals surface area contributed by atoms with Crippen LogP contribution in [0.5, 0.6) is 11.5 Å². The highest BCUT2D eigenvalue weighted by Gasteiger charge is 2.18. The molecule has 0 spiro atoms. The number of benzene rings is 2. The van der Waals surface area contributed by atoms with Gasteiger partial charge in [-0.3, -0.25) is 10.1 Å². The molecule has 0 aliphatic heterocycles. The number of carbonyl (C=O) groups excluding carboxylic acids is 1. The van der Waals surface area contributed by atoms with Crippen molar-refractivity contribution in [3.05, 3.63) is 64.2 Å². The van der Waals surface area contributed by atoms with Gasteiger partial charge in [0, 0.05) is 12.1 Å². The van der Waals surface area contributed by atoms with E-state index in [1.165, 1.54) is 55.5 Å². The van der Waals surface area contributed by atoms with E-state index in [1.807, 2.05) is 0 Å². The summed E-state index contributed by atoms with van der Waals surface area (Å²) in [4.78, 5) is 32.9. The number of aromatic carboxylic acids is 1. The molecule has 0 aromatic heterocycles. The maximum Gasteiger partial charge on any atom is 0.352 e. The van der Waals surface area contributed by atoms with Gasteiger partial charge in [-0.2, -0.15) is 0 Å². The Bertz CT molecular complexity index is 770. The molecule has 1 N–H and O–H groups in total. The van der Waals surface area contributed by atoms with Crippen LogP contribution in [0.2, 0.25) is 0 Å². The third-order valence-electron chi connectivity index (χ3n) is 2.99. The lowest BCUT2D eigenvalue weighted by Gasteiger charge is -2.13. The lowest BCUT2D eigenvalue weighted by atomic mass is 10.2. The summed E-state index contributed by atoms with van der Waals surface area (Å²) in [6, 6.07) is 10.7. The second-order valence-corrected chi connectivity index (χ2v) is 4.77. The summed E-state index contributed by atoms with van der Waals surface area (Å²) in [5, 5.41) is 19.5. The Hall–Kier alpha value is -3.42. The van der Waals surface area contributed by atoms with Gasteiger partial charge in [-0.05, 0) is 37.3 Å². The number of nitrogens with zero attached hydrogens (tertiary/aromatic N) is 1. The largest absolute Gasteiger partial charge is 0.479 e. The monoisotopic (exact) mass is 331 g/mol. The van der Waals surface area contributed by atoms with Crippen molar-refractivity contribution in [3.8, 4) is 11.5 Å². The Morgan fingerprint density at radius 3 is 2.38 bits per heavy atom. The predicted molar refractivity (Wildman–Crippen MR) is 82.2 cm³/mol. The summed E-state index contributed by atoms with van der Waals surface area (Å²) in [7, 11) is 0. The molecule has 8 nitrogen and oxygen atoms in total. The van der Waals surface area contributed by atoms with Crippen molar-refractivity contribution in [3.63, 3.8) is 0 Å². The second kappa shape index (κ2) is 7.23. The maximum absolute atomic E-state index is 12.0. The fraction of sp³-hybridized carbons (Fsp3) is 0.125. The molecule has 0 heterocycles. The molecule has 0 amide bonds. The molecule has 0 radical (unpaired) electrons. The zero-order valence-corrected chi connectivity index (χ0v) is 12.5. The Labute approximate surface area is 136 Å². The molecule has 0 bridgehead atoms. The number of rotatable bonds is 6. The third kappa shape index (κ3) is 4.29. The summed E-state index contributed by atoms with van der Waals surface area (Å²) < 4.78 is 10.4. The van der Waals surface area contributed by atoms with Crippen molar-refractivity contribution < 1.29 is 29.1 Å². The summed E-state index contributed by atoms with van der Waals surface area (Å²) >= 11 is 0. The molecule has 24 heavy (non-hydrogen) atoms. The smallest absolute Gasteiger partial charge is 0.352 e. The molecule has 0 aliphatic carbocycles. The first kappa shape index (κ1) is 16.9. The average Bonchev–Trinajstić information content (AvgIpc) is 2.55. The SMILES string of the molecule is CC(Oc1ccc([N+](=O)[O-])cc1)C(=O)Oc1cccc(C(=O)O)c1. The maximum atomic E-state index is 12.0. The molecular formula is C16H13NO7. The quantitative estimate of drug-likeness (QED) is 0.374. The number of ether oxygens (including phenoxy) is 2. The van der Waals surface area contributed by atoms with Gasteiger partial charge >= 0.3 is 11.9 Å². The van der Waals surface area contributed by atoms with E-state index >= 15 is 0 Å². The van der Waals surface area contributed by atoms with Crippen LogP contribution in [0.25, 0.3) is 0 Å². The summed E-state index contributed by atoms with van der Waals surface area (Å²) in [5.74, 6) is -1.51. The fourth-order valence-corrected chi connectivity index (χ4v) is 1.79. The van der Waals surface area contributed by atoms with E-state index in [-0.39, 0.29) is 22.7 Å². The van der Waals surface area contributed by atoms with Gasteiger partial charge in [0.2, 0.25) is 0 Å². The van der Waals surface area contributed by atoms with Gasteiger partial charge < -0.3 is 14.6 Å². The van der Waals surface area contributed by atoms with Crippen molar-refractivity contribution in [1.29, 1.82) is 0 Å². The van der Waals surface area contributed by atoms with Crippen LogP contribution in [0.4, 0.5) is 5.69 Å². The molecule has 2 rings (SSSR count). The van der Waals surface area contributed by atoms with Crippen LogP contribution in [0.15, 0.2) is 48.5 Å². The molecule has 0 saturated carbocycles. The summed E-state index contributed by atoms with van der Waals surface area (Å²) in [6.45, 7) is 1.45. The molecule has 2 aromatic rings. The fourth-order valence-electron chi connectivity index (χ4n) is 1.79. The van der Waals surface area contributed by atoms with Gasteiger partial charge in [-0.15, -0.1) is 0 Å². The van der Waals surface area contributed by atoms with Crippen LogP contribution >= 0.6 is 0 Å². The Morgan fingerprint density at radius 2 is 1.79 bits per heavy atom. The topological polar surface area (TPSA) is 116 Å². The van der Waals surface area contributed by atoms with Crippen LogP contribution in [-0.4, -0.2) is 28.1 Å². The van der Waals surface area contributed by atoms with Gasteiger partial charge in [0.15, 0.2) is 6.10 Å². The minimum atomic E-state index is -1.14. The van der Waals surface area contributed by atoms with Gasteiger partial charge in [0.25, 0.3) is 5.69 Å². The van der Waals surface area contributed by atoms with Crippen molar-refractivity contribution in [2.24, 2.45) is 0 Å². The third-order valence-corrected chi connectivity index (χ3v) is 2.99. The van der Waals surface area contributed by atoms with Crippen LogP contribution in [0, 0.1) is 10.1 Å². The Morgan fingerprint density at radius 1 is 1.12 bits per heavy atom. The molecule has 0 saturated heterocycles. The highest BCUT2D eigenvalue weighted by Crippen LogP contribution is 2.19. The van der Waals surface area contributed by atoms with Crippen LogP contribution in [0.1, 0.15) is 17.3 Å². The van der Waals surface area contributed by atoms with E-state index in [4.69, 9.17) is 14.6 Å². The number of carboxylic acids is 1. The van der Waals surface area contributed by atoms with E-state index in [2.05, 4.69) is 0 Å². The molecule has 1 unspecified atom stereocenters. The van der Waals surface area contributed by atoms with E-state index in [0.29, 0.717) is 0 Å². The number of nitro groups is 1. The predicted octanol–water partition coefficient (Wildman–Crippen LogP) is 2.67. The Kier molecular flexibility index (Phi) is 5.10. The molecule has 8 heteroatoms. The van der Waals surface area contributed by atoms with Crippen LogP contribution < -0.4 is 9.47 Å². The van der Waals surface area contributed by atoms with Crippen molar-refractivity contribution in [1.82, 2.24) is 0 Å². The van der Waals surface area contributed by atoms with Gasteiger partial charge in [0.05, 0.1) is 10.5 Å². The lowest BCUT2D eigenvalue weighted by molar-refractivity contribution is -0.384.